The van der Waals surface area contributed by atoms with Crippen LogP contribution in [0.15, 0.2) is 54.6 Å². The average Bonchev–Trinajstić information content (AvgIpc) is 3.05. The molecule has 0 saturated heterocycles. The second-order valence-corrected chi connectivity index (χ2v) is 11.3. The Morgan fingerprint density at radius 1 is 0.917 bits per heavy atom. The van der Waals surface area contributed by atoms with Crippen molar-refractivity contribution < 1.29 is 46.9 Å². The first-order chi connectivity index (χ1) is 22.7. The smallest absolute Gasteiger partial charge is 0.416 e. The number of amides is 1. The highest BCUT2D eigenvalue weighted by molar-refractivity contribution is 6.33. The summed E-state index contributed by atoms with van der Waals surface area (Å²) >= 11 is 17.5. The van der Waals surface area contributed by atoms with Crippen LogP contribution in [0, 0.1) is 0 Å². The summed E-state index contributed by atoms with van der Waals surface area (Å²) in [7, 11) is 0. The molecule has 0 unspecified atom stereocenters. The molecular weight excluding hydrogens is 698 g/mol. The number of anilines is 1. The molecule has 14 heteroatoms. The van der Waals surface area contributed by atoms with Gasteiger partial charge in [-0.2, -0.15) is 13.2 Å². The molecule has 262 valence electrons. The molecule has 0 radical (unpaired) electrons. The van der Waals surface area contributed by atoms with Crippen LogP contribution >= 0.6 is 34.8 Å². The lowest BCUT2D eigenvalue weighted by Crippen LogP contribution is -2.36. The van der Waals surface area contributed by atoms with Crippen LogP contribution in [0.2, 0.25) is 10.0 Å². The lowest BCUT2D eigenvalue weighted by Gasteiger charge is -2.27. The number of carboxylic acid groups (broad SMARTS) is 1. The Morgan fingerprint density at radius 3 is 2.08 bits per heavy atom. The Bertz CT molecular complexity index is 1530. The molecule has 1 atom stereocenters. The van der Waals surface area contributed by atoms with Crippen LogP contribution in [-0.2, 0) is 38.1 Å². The Labute approximate surface area is 292 Å². The van der Waals surface area contributed by atoms with Gasteiger partial charge in [-0.25, -0.2) is 9.59 Å². The van der Waals surface area contributed by atoms with Crippen molar-refractivity contribution in [3.8, 4) is 11.5 Å². The van der Waals surface area contributed by atoms with Gasteiger partial charge in [0.2, 0.25) is 5.91 Å². The number of aliphatic carboxylic acids is 1. The van der Waals surface area contributed by atoms with Gasteiger partial charge in [0.05, 0.1) is 33.5 Å². The zero-order valence-corrected chi connectivity index (χ0v) is 29.1. The summed E-state index contributed by atoms with van der Waals surface area (Å²) in [6.07, 6.45) is -3.19. The van der Waals surface area contributed by atoms with Gasteiger partial charge >= 0.3 is 18.1 Å². The van der Waals surface area contributed by atoms with E-state index in [9.17, 15) is 27.6 Å². The number of rotatable bonds is 14. The topological polar surface area (TPSA) is 102 Å². The molecule has 1 amide bonds. The van der Waals surface area contributed by atoms with Crippen LogP contribution in [0.1, 0.15) is 61.2 Å². The van der Waals surface area contributed by atoms with Crippen LogP contribution in [0.5, 0.6) is 11.5 Å². The summed E-state index contributed by atoms with van der Waals surface area (Å²) in [5.41, 5.74) is 2.27. The van der Waals surface area contributed by atoms with Gasteiger partial charge in [-0.05, 0) is 73.7 Å². The number of carbonyl (C=O) groups excluding carboxylic acids is 2. The van der Waals surface area contributed by atoms with E-state index in [1.165, 1.54) is 23.3 Å². The summed E-state index contributed by atoms with van der Waals surface area (Å²) < 4.78 is 53.7. The van der Waals surface area contributed by atoms with Gasteiger partial charge in [-0.1, -0.05) is 62.2 Å². The maximum Gasteiger partial charge on any atom is 0.416 e. The normalized spacial score (nSPS) is 11.6. The number of halogens is 6. The fraction of sp³-hybridized carbons (Fsp3) is 0.382. The van der Waals surface area contributed by atoms with E-state index in [4.69, 9.17) is 54.1 Å². The third-order valence-corrected chi connectivity index (χ3v) is 7.59. The number of aryl methyl sites for hydroxylation is 2. The van der Waals surface area contributed by atoms with Crippen LogP contribution in [0.25, 0.3) is 0 Å². The number of hydrogen-bond donors (Lipinski definition) is 1. The highest BCUT2D eigenvalue weighted by Gasteiger charge is 2.31. The molecule has 3 aromatic carbocycles. The first-order valence-corrected chi connectivity index (χ1v) is 16.3. The Morgan fingerprint density at radius 2 is 1.56 bits per heavy atom. The number of hydrogen-bond acceptors (Lipinski definition) is 6. The highest BCUT2D eigenvalue weighted by Crippen LogP contribution is 2.37. The second kappa shape index (κ2) is 19.5. The number of carboxylic acids is 1. The predicted octanol–water partition coefficient (Wildman–Crippen LogP) is 9.24. The van der Waals surface area contributed by atoms with E-state index in [0.29, 0.717) is 19.2 Å². The van der Waals surface area contributed by atoms with E-state index < -0.39 is 29.8 Å². The largest absolute Gasteiger partial charge is 0.479 e. The molecule has 0 aliphatic heterocycles. The third-order valence-electron chi connectivity index (χ3n) is 6.73. The SMILES string of the molecule is CCCOCCN(C(=O)CCl)c1c(CC)cccc1CC.C[C@H](OC(=O)c1cc(Oc2ccc(C(F)(F)F)cc2Cl)ccc1Cl)C(=O)O. The molecule has 0 bridgehead atoms. The van der Waals surface area contributed by atoms with Gasteiger partial charge in [-0.15, -0.1) is 11.6 Å². The van der Waals surface area contributed by atoms with Crippen molar-refractivity contribution in [1.29, 1.82) is 0 Å². The molecule has 8 nitrogen and oxygen atoms in total. The maximum absolute atomic E-state index is 12.7. The number of alkyl halides is 4. The van der Waals surface area contributed by atoms with Crippen LogP contribution in [-0.4, -0.2) is 54.7 Å². The third kappa shape index (κ3) is 11.9. The standard InChI is InChI=1S/C17H11Cl2F3O5.C17H26ClNO2/c1-8(15(23)24)26-16(25)11-7-10(3-4-12(11)18)27-14-5-2-9(6-13(14)19)17(20,21)22;1-4-11-21-12-10-19(16(20)13-18)17-14(5-2)8-7-9-15(17)6-3/h2-8H,1H3,(H,23,24);7-9H,4-6,10-13H2,1-3H3/t8-;/m0./s1. The van der Waals surface area contributed by atoms with Gasteiger partial charge in [0.1, 0.15) is 17.4 Å². The van der Waals surface area contributed by atoms with E-state index in [1.807, 2.05) is 0 Å². The van der Waals surface area contributed by atoms with Crippen molar-refractivity contribution in [2.24, 2.45) is 0 Å². The van der Waals surface area contributed by atoms with Crippen LogP contribution in [0.4, 0.5) is 18.9 Å². The van der Waals surface area contributed by atoms with Crippen molar-refractivity contribution in [2.45, 2.75) is 59.2 Å². The lowest BCUT2D eigenvalue weighted by molar-refractivity contribution is -0.146. The van der Waals surface area contributed by atoms with Gasteiger partial charge in [-0.3, -0.25) is 4.79 Å². The molecule has 0 saturated carbocycles. The van der Waals surface area contributed by atoms with Crippen molar-refractivity contribution in [3.05, 3.63) is 86.9 Å². The van der Waals surface area contributed by atoms with Gasteiger partial charge in [0.25, 0.3) is 0 Å². The maximum atomic E-state index is 12.7. The summed E-state index contributed by atoms with van der Waals surface area (Å²) in [4.78, 5) is 36.8. The fourth-order valence-electron chi connectivity index (χ4n) is 4.28. The predicted molar refractivity (Wildman–Crippen MR) is 180 cm³/mol. The van der Waals surface area contributed by atoms with Gasteiger partial charge < -0.3 is 24.2 Å². The zero-order valence-electron chi connectivity index (χ0n) is 26.8. The van der Waals surface area contributed by atoms with Gasteiger partial charge in [0.15, 0.2) is 6.10 Å². The van der Waals surface area contributed by atoms with Crippen molar-refractivity contribution in [3.63, 3.8) is 0 Å². The number of para-hydroxylation sites is 1. The molecule has 0 spiro atoms. The molecular formula is C34H37Cl3F3NO7. The molecule has 3 aromatic rings. The molecule has 0 heterocycles. The molecule has 0 aliphatic rings. The van der Waals surface area contributed by atoms with Crippen molar-refractivity contribution >= 4 is 58.3 Å². The van der Waals surface area contributed by atoms with E-state index in [2.05, 4.69) is 39.0 Å². The highest BCUT2D eigenvalue weighted by atomic mass is 35.5. The molecule has 0 aliphatic carbocycles. The lowest BCUT2D eigenvalue weighted by atomic mass is 10.0. The monoisotopic (exact) mass is 733 g/mol. The molecule has 0 fully saturated rings. The number of esters is 1. The summed E-state index contributed by atoms with van der Waals surface area (Å²) in [5.74, 6) is -2.45. The second-order valence-electron chi connectivity index (χ2n) is 10.2. The van der Waals surface area contributed by atoms with Crippen molar-refractivity contribution in [2.75, 3.05) is 30.5 Å². The van der Waals surface area contributed by atoms with E-state index >= 15 is 0 Å². The number of ether oxygens (including phenoxy) is 3. The number of benzene rings is 3. The minimum absolute atomic E-state index is 0.00498. The van der Waals surface area contributed by atoms with Crippen LogP contribution in [0.3, 0.4) is 0 Å². The minimum Gasteiger partial charge on any atom is -0.479 e. The quantitative estimate of drug-likeness (QED) is 0.100. The molecule has 0 aromatic heterocycles. The average molecular weight is 735 g/mol. The Balaban J connectivity index is 0.000000345. The summed E-state index contributed by atoms with van der Waals surface area (Å²) in [5, 5.41) is 8.46. The molecule has 48 heavy (non-hydrogen) atoms. The first-order valence-electron chi connectivity index (χ1n) is 15.0. The zero-order chi connectivity index (χ0) is 36.0. The number of carbonyl (C=O) groups is 3. The van der Waals surface area contributed by atoms with E-state index in [1.54, 1.807) is 4.90 Å². The minimum atomic E-state index is -4.56. The van der Waals surface area contributed by atoms with E-state index in [-0.39, 0.29) is 38.9 Å². The van der Waals surface area contributed by atoms with Gasteiger partial charge in [0, 0.05) is 13.2 Å². The Kier molecular flexibility index (Phi) is 16.5. The molecule has 3 rings (SSSR count). The Hall–Kier alpha value is -3.51. The van der Waals surface area contributed by atoms with Crippen LogP contribution < -0.4 is 9.64 Å². The number of nitrogens with zero attached hydrogens (tertiary/aromatic N) is 1. The summed E-state index contributed by atoms with van der Waals surface area (Å²) in [6, 6.07) is 12.5. The fourth-order valence-corrected chi connectivity index (χ4v) is 4.84. The first kappa shape index (κ1) is 40.7. The van der Waals surface area contributed by atoms with Crippen molar-refractivity contribution in [1.82, 2.24) is 0 Å². The molecule has 1 N–H and O–H groups in total. The van der Waals surface area contributed by atoms with E-state index in [0.717, 1.165) is 56.7 Å². The summed E-state index contributed by atoms with van der Waals surface area (Å²) in [6.45, 7) is 9.26.